The molecule has 2 aliphatic heterocycles. The topological polar surface area (TPSA) is 65.9 Å². The monoisotopic (exact) mass is 493 g/mol. The van der Waals surface area contributed by atoms with E-state index in [9.17, 15) is 0 Å². The lowest BCUT2D eigenvalue weighted by molar-refractivity contribution is 0.242. The minimum absolute atomic E-state index is 0.540. The summed E-state index contributed by atoms with van der Waals surface area (Å²) in [6.07, 6.45) is 4.69. The minimum Gasteiger partial charge on any atom is -0.493 e. The van der Waals surface area contributed by atoms with Gasteiger partial charge in [0.15, 0.2) is 17.3 Å². The molecule has 0 unspecified atom stereocenters. The first kappa shape index (κ1) is 23.8. The fraction of sp³-hybridized carbons (Fsp3) is 0.407. The Morgan fingerprint density at radius 2 is 1.69 bits per heavy atom. The molecule has 1 saturated heterocycles. The quantitative estimate of drug-likeness (QED) is 0.237. The maximum Gasteiger partial charge on any atom is 0.227 e. The van der Waals surface area contributed by atoms with E-state index < -0.39 is 0 Å². The van der Waals surface area contributed by atoms with Gasteiger partial charge in [-0.25, -0.2) is 4.98 Å². The molecule has 2 aromatic carbocycles. The highest BCUT2D eigenvalue weighted by Gasteiger charge is 2.25. The van der Waals surface area contributed by atoms with Crippen LogP contribution in [-0.2, 0) is 6.42 Å². The molecule has 7 nitrogen and oxygen atoms in total. The Bertz CT molecular complexity index is 1170. The van der Waals surface area contributed by atoms with Crippen LogP contribution in [0.4, 0.5) is 0 Å². The fourth-order valence-corrected chi connectivity index (χ4v) is 5.66. The predicted octanol–water partition coefficient (Wildman–Crippen LogP) is 5.44. The van der Waals surface area contributed by atoms with Crippen LogP contribution in [0.2, 0.25) is 0 Å². The number of hydrogen-bond acceptors (Lipinski definition) is 8. The molecule has 0 bridgehead atoms. The van der Waals surface area contributed by atoms with Gasteiger partial charge in [0.1, 0.15) is 10.8 Å². The maximum absolute atomic E-state index is 6.27. The van der Waals surface area contributed by atoms with Crippen molar-refractivity contribution in [1.29, 1.82) is 0 Å². The number of thioether (sulfide) groups is 1. The molecule has 0 aliphatic carbocycles. The lowest BCUT2D eigenvalue weighted by Crippen LogP contribution is -2.31. The molecule has 3 aromatic rings. The lowest BCUT2D eigenvalue weighted by atomic mass is 10.0. The van der Waals surface area contributed by atoms with Crippen LogP contribution in [-0.4, -0.2) is 61.6 Å². The first-order chi connectivity index (χ1) is 17.2. The van der Waals surface area contributed by atoms with Crippen molar-refractivity contribution in [2.45, 2.75) is 30.7 Å². The largest absolute Gasteiger partial charge is 0.493 e. The third-order valence-electron chi connectivity index (χ3n) is 6.50. The van der Waals surface area contributed by atoms with Crippen molar-refractivity contribution < 1.29 is 18.9 Å². The molecule has 0 radical (unpaired) electrons. The van der Waals surface area contributed by atoms with Gasteiger partial charge in [0.05, 0.1) is 26.9 Å². The highest BCUT2D eigenvalue weighted by atomic mass is 32.2. The molecule has 35 heavy (non-hydrogen) atoms. The molecule has 184 valence electrons. The Kier molecular flexibility index (Phi) is 7.29. The van der Waals surface area contributed by atoms with Gasteiger partial charge in [0.2, 0.25) is 11.6 Å². The van der Waals surface area contributed by atoms with Gasteiger partial charge < -0.3 is 23.8 Å². The summed E-state index contributed by atoms with van der Waals surface area (Å²) in [5.41, 5.74) is 2.98. The number of benzene rings is 2. The Balaban J connectivity index is 1.51. The summed E-state index contributed by atoms with van der Waals surface area (Å²) in [6, 6.07) is 11.9. The number of rotatable bonds is 8. The summed E-state index contributed by atoms with van der Waals surface area (Å²) in [5, 5.41) is 0.963. The molecule has 0 spiro atoms. The van der Waals surface area contributed by atoms with E-state index in [1.807, 2.05) is 30.3 Å². The molecule has 5 rings (SSSR count). The van der Waals surface area contributed by atoms with Crippen LogP contribution in [0.1, 0.15) is 30.4 Å². The van der Waals surface area contributed by atoms with E-state index >= 15 is 0 Å². The van der Waals surface area contributed by atoms with Gasteiger partial charge in [-0.1, -0.05) is 24.6 Å². The summed E-state index contributed by atoms with van der Waals surface area (Å²) in [7, 11) is 4.81. The van der Waals surface area contributed by atoms with E-state index in [1.165, 1.54) is 32.4 Å². The molecule has 8 heteroatoms. The summed E-state index contributed by atoms with van der Waals surface area (Å²) in [4.78, 5) is 12.4. The number of nitrogens with zero attached hydrogens (tertiary/aromatic N) is 3. The van der Waals surface area contributed by atoms with E-state index in [4.69, 9.17) is 28.9 Å². The van der Waals surface area contributed by atoms with E-state index in [0.29, 0.717) is 29.0 Å². The van der Waals surface area contributed by atoms with Gasteiger partial charge in [-0.3, -0.25) is 0 Å². The summed E-state index contributed by atoms with van der Waals surface area (Å²) in [6.45, 7) is 3.44. The average molecular weight is 494 g/mol. The molecular formula is C27H31N3O4S. The van der Waals surface area contributed by atoms with E-state index in [0.717, 1.165) is 46.2 Å². The van der Waals surface area contributed by atoms with Gasteiger partial charge in [0, 0.05) is 24.3 Å². The van der Waals surface area contributed by atoms with Crippen LogP contribution in [0.5, 0.6) is 28.9 Å². The van der Waals surface area contributed by atoms with Gasteiger partial charge in [0.25, 0.3) is 0 Å². The second-order valence-electron chi connectivity index (χ2n) is 8.69. The second kappa shape index (κ2) is 10.7. The second-order valence-corrected chi connectivity index (χ2v) is 9.77. The van der Waals surface area contributed by atoms with Crippen molar-refractivity contribution in [3.63, 3.8) is 0 Å². The number of fused-ring (bicyclic) bond motifs is 2. The summed E-state index contributed by atoms with van der Waals surface area (Å²) < 4.78 is 22.9. The summed E-state index contributed by atoms with van der Waals surface area (Å²) >= 11 is 1.78. The first-order valence-electron chi connectivity index (χ1n) is 12.0. The van der Waals surface area contributed by atoms with Crippen molar-refractivity contribution in [3.8, 4) is 40.3 Å². The van der Waals surface area contributed by atoms with Crippen molar-refractivity contribution in [2.24, 2.45) is 0 Å². The minimum atomic E-state index is 0.540. The van der Waals surface area contributed by atoms with E-state index in [1.54, 1.807) is 33.1 Å². The number of likely N-dealkylation sites (tertiary alicyclic amines) is 1. The van der Waals surface area contributed by atoms with Crippen molar-refractivity contribution in [2.75, 3.05) is 46.7 Å². The molecule has 1 fully saturated rings. The number of hydrogen-bond donors (Lipinski definition) is 0. The molecular weight excluding hydrogens is 462 g/mol. The van der Waals surface area contributed by atoms with Crippen LogP contribution >= 0.6 is 11.8 Å². The average Bonchev–Trinajstić information content (AvgIpc) is 2.91. The molecule has 0 atom stereocenters. The third-order valence-corrected chi connectivity index (χ3v) is 7.49. The normalized spacial score (nSPS) is 15.1. The highest BCUT2D eigenvalue weighted by molar-refractivity contribution is 7.99. The van der Waals surface area contributed by atoms with Crippen LogP contribution in [0.15, 0.2) is 41.4 Å². The highest BCUT2D eigenvalue weighted by Crippen LogP contribution is 2.43. The third kappa shape index (κ3) is 5.04. The van der Waals surface area contributed by atoms with E-state index in [-0.39, 0.29) is 0 Å². The van der Waals surface area contributed by atoms with Gasteiger partial charge in [-0.05, 0) is 49.7 Å². The number of methoxy groups -OCH3 is 3. The Hall–Kier alpha value is -2.97. The molecule has 2 aliphatic rings. The smallest absolute Gasteiger partial charge is 0.227 e. The molecule has 1 aromatic heterocycles. The number of para-hydroxylation sites is 1. The first-order valence-corrected chi connectivity index (χ1v) is 13.0. The Morgan fingerprint density at radius 1 is 0.943 bits per heavy atom. The lowest BCUT2D eigenvalue weighted by Gasteiger charge is -2.26. The van der Waals surface area contributed by atoms with Crippen LogP contribution in [0.3, 0.4) is 0 Å². The molecule has 0 amide bonds. The zero-order chi connectivity index (χ0) is 24.2. The molecule has 0 N–H and O–H groups in total. The Labute approximate surface area is 210 Å². The van der Waals surface area contributed by atoms with Crippen LogP contribution in [0.25, 0.3) is 11.4 Å². The van der Waals surface area contributed by atoms with Crippen molar-refractivity contribution >= 4 is 11.8 Å². The van der Waals surface area contributed by atoms with Crippen LogP contribution < -0.4 is 18.9 Å². The standard InChI is InChI=1S/C27H31N3O4S/c1-31-22-16-19(17-23(32-2)24(22)33-3)25-28-26-20(15-18-9-5-6-10-21(18)34-26)27(29-25)35-14-13-30-11-7-4-8-12-30/h5-6,9-10,16-17H,4,7-8,11-15H2,1-3H3. The zero-order valence-corrected chi connectivity index (χ0v) is 21.3. The van der Waals surface area contributed by atoms with Crippen molar-refractivity contribution in [3.05, 3.63) is 47.5 Å². The Morgan fingerprint density at radius 3 is 2.40 bits per heavy atom. The predicted molar refractivity (Wildman–Crippen MR) is 137 cm³/mol. The number of piperidine rings is 1. The maximum atomic E-state index is 6.27. The van der Waals surface area contributed by atoms with Crippen LogP contribution in [0, 0.1) is 0 Å². The van der Waals surface area contributed by atoms with Gasteiger partial charge >= 0.3 is 0 Å². The molecule has 0 saturated carbocycles. The zero-order valence-electron chi connectivity index (χ0n) is 20.5. The number of aromatic nitrogens is 2. The molecule has 3 heterocycles. The fourth-order valence-electron chi connectivity index (χ4n) is 4.64. The van der Waals surface area contributed by atoms with Gasteiger partial charge in [-0.2, -0.15) is 4.98 Å². The van der Waals surface area contributed by atoms with Crippen molar-refractivity contribution in [1.82, 2.24) is 14.9 Å². The SMILES string of the molecule is COc1cc(-c2nc3c(c(SCCN4CCCCC4)n2)Cc2ccccc2O3)cc(OC)c1OC. The summed E-state index contributed by atoms with van der Waals surface area (Å²) in [5.74, 6) is 4.67. The van der Waals surface area contributed by atoms with Gasteiger partial charge in [-0.15, -0.1) is 11.8 Å². The number of ether oxygens (including phenoxy) is 4. The van der Waals surface area contributed by atoms with E-state index in [2.05, 4.69) is 11.0 Å².